The van der Waals surface area contributed by atoms with Gasteiger partial charge in [-0.05, 0) is 24.5 Å². The molecule has 0 atom stereocenters. The van der Waals surface area contributed by atoms with Crippen LogP contribution < -0.4 is 0 Å². The van der Waals surface area contributed by atoms with Gasteiger partial charge in [-0.1, -0.05) is 18.2 Å². The normalized spacial score (nSPS) is 10.2. The summed E-state index contributed by atoms with van der Waals surface area (Å²) in [5.41, 5.74) is 1.61. The Kier molecular flexibility index (Phi) is 3.58. The number of halogens is 2. The van der Waals surface area contributed by atoms with Gasteiger partial charge in [-0.2, -0.15) is 5.26 Å². The van der Waals surface area contributed by atoms with Crippen LogP contribution in [0.25, 0.3) is 0 Å². The first-order chi connectivity index (χ1) is 6.65. The van der Waals surface area contributed by atoms with Crippen molar-refractivity contribution in [2.45, 2.75) is 26.2 Å². The topological polar surface area (TPSA) is 23.8 Å². The predicted octanol–water partition coefficient (Wildman–Crippen LogP) is 3.39. The highest BCUT2D eigenvalue weighted by Gasteiger charge is 2.09. The highest BCUT2D eigenvalue weighted by Crippen LogP contribution is 2.23. The van der Waals surface area contributed by atoms with Crippen LogP contribution in [0, 0.1) is 18.3 Å². The molecular weight excluding hydrogens is 184 g/mol. The van der Waals surface area contributed by atoms with Crippen molar-refractivity contribution in [3.63, 3.8) is 0 Å². The summed E-state index contributed by atoms with van der Waals surface area (Å²) in [5.74, 6) is 0. The van der Waals surface area contributed by atoms with Crippen LogP contribution in [-0.4, -0.2) is 0 Å². The van der Waals surface area contributed by atoms with Gasteiger partial charge in [0.2, 0.25) is 0 Å². The maximum Gasteiger partial charge on any atom is 0.264 e. The fourth-order valence-electron chi connectivity index (χ4n) is 1.34. The zero-order valence-corrected chi connectivity index (χ0v) is 7.93. The fourth-order valence-corrected chi connectivity index (χ4v) is 1.34. The molecule has 1 aromatic carbocycles. The summed E-state index contributed by atoms with van der Waals surface area (Å²) >= 11 is 0. The van der Waals surface area contributed by atoms with Gasteiger partial charge in [-0.3, -0.25) is 0 Å². The summed E-state index contributed by atoms with van der Waals surface area (Å²) in [6, 6.07) is 6.84. The standard InChI is InChI=1S/C11H11F2N/c1-8-7-9(3-2-6-14)4-5-10(8)11(12)13/h4-5,7,11H,2-3H2,1H3. The molecule has 0 spiro atoms. The van der Waals surface area contributed by atoms with E-state index in [0.29, 0.717) is 18.4 Å². The highest BCUT2D eigenvalue weighted by molar-refractivity contribution is 5.32. The van der Waals surface area contributed by atoms with E-state index in [-0.39, 0.29) is 5.56 Å². The molecule has 0 heterocycles. The smallest absolute Gasteiger partial charge is 0.205 e. The molecule has 0 unspecified atom stereocenters. The number of rotatable bonds is 3. The lowest BCUT2D eigenvalue weighted by molar-refractivity contribution is 0.150. The van der Waals surface area contributed by atoms with Gasteiger partial charge in [0, 0.05) is 12.0 Å². The lowest BCUT2D eigenvalue weighted by atomic mass is 10.0. The number of alkyl halides is 2. The van der Waals surface area contributed by atoms with Crippen molar-refractivity contribution in [1.82, 2.24) is 0 Å². The van der Waals surface area contributed by atoms with Crippen LogP contribution in [0.2, 0.25) is 0 Å². The van der Waals surface area contributed by atoms with Crippen LogP contribution >= 0.6 is 0 Å². The van der Waals surface area contributed by atoms with E-state index in [1.807, 2.05) is 6.07 Å². The van der Waals surface area contributed by atoms with E-state index in [1.54, 1.807) is 19.1 Å². The molecule has 14 heavy (non-hydrogen) atoms. The minimum Gasteiger partial charge on any atom is -0.205 e. The van der Waals surface area contributed by atoms with Gasteiger partial charge in [-0.15, -0.1) is 0 Å². The summed E-state index contributed by atoms with van der Waals surface area (Å²) in [6.07, 6.45) is -1.37. The Morgan fingerprint density at radius 3 is 2.64 bits per heavy atom. The second-order valence-corrected chi connectivity index (χ2v) is 3.15. The summed E-state index contributed by atoms with van der Waals surface area (Å²) in [6.45, 7) is 1.66. The molecule has 0 aliphatic carbocycles. The van der Waals surface area contributed by atoms with E-state index in [2.05, 4.69) is 0 Å². The van der Waals surface area contributed by atoms with Crippen LogP contribution in [-0.2, 0) is 6.42 Å². The molecule has 0 saturated heterocycles. The Hall–Kier alpha value is -1.43. The molecule has 1 nitrogen and oxygen atoms in total. The lowest BCUT2D eigenvalue weighted by Gasteiger charge is -2.06. The molecular formula is C11H11F2N. The molecule has 0 aliphatic heterocycles. The van der Waals surface area contributed by atoms with Crippen molar-refractivity contribution in [2.24, 2.45) is 0 Å². The maximum absolute atomic E-state index is 12.4. The predicted molar refractivity (Wildman–Crippen MR) is 50.1 cm³/mol. The van der Waals surface area contributed by atoms with Gasteiger partial charge in [0.05, 0.1) is 6.07 Å². The van der Waals surface area contributed by atoms with E-state index < -0.39 is 6.43 Å². The first-order valence-electron chi connectivity index (χ1n) is 4.39. The van der Waals surface area contributed by atoms with Crippen LogP contribution in [0.15, 0.2) is 18.2 Å². The monoisotopic (exact) mass is 195 g/mol. The Labute approximate surface area is 82.0 Å². The Morgan fingerprint density at radius 2 is 2.14 bits per heavy atom. The van der Waals surface area contributed by atoms with Crippen molar-refractivity contribution in [2.75, 3.05) is 0 Å². The molecule has 3 heteroatoms. The summed E-state index contributed by atoms with van der Waals surface area (Å²) in [5, 5.41) is 8.37. The summed E-state index contributed by atoms with van der Waals surface area (Å²) in [4.78, 5) is 0. The lowest BCUT2D eigenvalue weighted by Crippen LogP contribution is -1.92. The zero-order chi connectivity index (χ0) is 10.6. The van der Waals surface area contributed by atoms with E-state index in [0.717, 1.165) is 5.56 Å². The van der Waals surface area contributed by atoms with Crippen molar-refractivity contribution in [1.29, 1.82) is 5.26 Å². The molecule has 0 aliphatic rings. The Balaban J connectivity index is 2.85. The molecule has 1 rings (SSSR count). The quantitative estimate of drug-likeness (QED) is 0.725. The first-order valence-corrected chi connectivity index (χ1v) is 4.39. The number of benzene rings is 1. The zero-order valence-electron chi connectivity index (χ0n) is 7.93. The summed E-state index contributed by atoms with van der Waals surface area (Å²) in [7, 11) is 0. The third-order valence-electron chi connectivity index (χ3n) is 2.09. The van der Waals surface area contributed by atoms with Gasteiger partial charge in [-0.25, -0.2) is 8.78 Å². The van der Waals surface area contributed by atoms with Crippen LogP contribution in [0.5, 0.6) is 0 Å². The van der Waals surface area contributed by atoms with Crippen molar-refractivity contribution in [3.05, 3.63) is 34.9 Å². The van der Waals surface area contributed by atoms with Crippen LogP contribution in [0.1, 0.15) is 29.5 Å². The molecule has 1 aromatic rings. The first kappa shape index (κ1) is 10.6. The van der Waals surface area contributed by atoms with E-state index in [9.17, 15) is 8.78 Å². The number of hydrogen-bond donors (Lipinski definition) is 0. The maximum atomic E-state index is 12.4. The Morgan fingerprint density at radius 1 is 1.43 bits per heavy atom. The van der Waals surface area contributed by atoms with Gasteiger partial charge in [0.1, 0.15) is 0 Å². The minimum absolute atomic E-state index is 0.0747. The molecule has 0 radical (unpaired) electrons. The molecule has 0 saturated carbocycles. The molecule has 74 valence electrons. The van der Waals surface area contributed by atoms with Crippen molar-refractivity contribution < 1.29 is 8.78 Å². The van der Waals surface area contributed by atoms with Crippen molar-refractivity contribution in [3.8, 4) is 6.07 Å². The van der Waals surface area contributed by atoms with Crippen LogP contribution in [0.4, 0.5) is 8.78 Å². The molecule has 0 fully saturated rings. The second-order valence-electron chi connectivity index (χ2n) is 3.15. The Bertz CT molecular complexity index is 353. The van der Waals surface area contributed by atoms with Crippen LogP contribution in [0.3, 0.4) is 0 Å². The molecule has 0 bridgehead atoms. The van der Waals surface area contributed by atoms with Gasteiger partial charge in [0.15, 0.2) is 0 Å². The largest absolute Gasteiger partial charge is 0.264 e. The van der Waals surface area contributed by atoms with Gasteiger partial charge >= 0.3 is 0 Å². The van der Waals surface area contributed by atoms with Gasteiger partial charge in [0.25, 0.3) is 6.43 Å². The number of nitrogens with zero attached hydrogens (tertiary/aromatic N) is 1. The van der Waals surface area contributed by atoms with E-state index in [1.165, 1.54) is 6.07 Å². The minimum atomic E-state index is -2.42. The average Bonchev–Trinajstić information content (AvgIpc) is 2.14. The number of hydrogen-bond acceptors (Lipinski definition) is 1. The summed E-state index contributed by atoms with van der Waals surface area (Å²) < 4.78 is 24.7. The van der Waals surface area contributed by atoms with E-state index in [4.69, 9.17) is 5.26 Å². The van der Waals surface area contributed by atoms with E-state index >= 15 is 0 Å². The highest BCUT2D eigenvalue weighted by atomic mass is 19.3. The second kappa shape index (κ2) is 4.71. The SMILES string of the molecule is Cc1cc(CCC#N)ccc1C(F)F. The number of aryl methyl sites for hydroxylation is 2. The molecule has 0 aromatic heterocycles. The third kappa shape index (κ3) is 2.53. The van der Waals surface area contributed by atoms with Crippen molar-refractivity contribution >= 4 is 0 Å². The molecule has 0 amide bonds. The molecule has 0 N–H and O–H groups in total. The number of nitriles is 1. The average molecular weight is 195 g/mol. The third-order valence-corrected chi connectivity index (χ3v) is 2.09. The van der Waals surface area contributed by atoms with Gasteiger partial charge < -0.3 is 0 Å². The fraction of sp³-hybridized carbons (Fsp3) is 0.364.